The van der Waals surface area contributed by atoms with Crippen molar-refractivity contribution in [3.05, 3.63) is 24.3 Å². The Labute approximate surface area is 118 Å². The van der Waals surface area contributed by atoms with Crippen molar-refractivity contribution >= 4 is 34.4 Å². The molecule has 0 radical (unpaired) electrons. The van der Waals surface area contributed by atoms with E-state index in [2.05, 4.69) is 10.1 Å². The van der Waals surface area contributed by atoms with Gasteiger partial charge in [0.05, 0.1) is 24.6 Å². The summed E-state index contributed by atoms with van der Waals surface area (Å²) in [6, 6.07) is 7.79. The van der Waals surface area contributed by atoms with E-state index in [1.54, 1.807) is 7.11 Å². The summed E-state index contributed by atoms with van der Waals surface area (Å²) in [4.78, 5) is 16.0. The average Bonchev–Trinajstić information content (AvgIpc) is 2.95. The van der Waals surface area contributed by atoms with E-state index in [1.165, 1.54) is 11.8 Å². The lowest BCUT2D eigenvalue weighted by Crippen LogP contribution is -1.96. The van der Waals surface area contributed by atoms with Crippen molar-refractivity contribution in [1.82, 2.24) is 14.6 Å². The van der Waals surface area contributed by atoms with E-state index in [4.69, 9.17) is 9.84 Å². The molecule has 104 valence electrons. The Balaban J connectivity index is 2.05. The van der Waals surface area contributed by atoms with E-state index in [0.717, 1.165) is 21.6 Å². The molecule has 0 aliphatic heterocycles. The molecule has 0 aliphatic carbocycles. The van der Waals surface area contributed by atoms with Crippen LogP contribution in [0.15, 0.2) is 29.2 Å². The number of para-hydroxylation sites is 2. The lowest BCUT2D eigenvalue weighted by atomic mass is 10.3. The highest BCUT2D eigenvalue weighted by molar-refractivity contribution is 7.99. The minimum absolute atomic E-state index is 0.103. The number of nitrogens with one attached hydrogen (secondary N) is 1. The minimum Gasteiger partial charge on any atom is -0.481 e. The molecule has 3 aromatic rings. The van der Waals surface area contributed by atoms with Crippen LogP contribution < -0.4 is 4.74 Å². The molecule has 0 amide bonds. The monoisotopic (exact) mass is 291 g/mol. The molecule has 2 N–H and O–H groups in total. The summed E-state index contributed by atoms with van der Waals surface area (Å²) in [6.07, 6.45) is 0.103. The van der Waals surface area contributed by atoms with E-state index in [1.807, 2.05) is 28.8 Å². The van der Waals surface area contributed by atoms with Crippen molar-refractivity contribution in [3.63, 3.8) is 0 Å². The van der Waals surface area contributed by atoms with Crippen molar-refractivity contribution in [2.75, 3.05) is 12.9 Å². The molecule has 0 spiro atoms. The summed E-state index contributed by atoms with van der Waals surface area (Å²) in [5, 5.41) is 11.9. The quantitative estimate of drug-likeness (QED) is 0.706. The van der Waals surface area contributed by atoms with Crippen molar-refractivity contribution in [2.24, 2.45) is 0 Å². The van der Waals surface area contributed by atoms with Gasteiger partial charge in [0.2, 0.25) is 5.88 Å². The minimum atomic E-state index is -0.809. The fourth-order valence-corrected chi connectivity index (χ4v) is 3.06. The molecule has 0 unspecified atom stereocenters. The maximum Gasteiger partial charge on any atom is 0.304 e. The number of ether oxygens (including phenoxy) is 1. The maximum atomic E-state index is 10.6. The molecule has 2 aromatic heterocycles. The normalized spacial score (nSPS) is 11.2. The predicted octanol–water partition coefficient (Wildman–Crippen LogP) is 2.39. The van der Waals surface area contributed by atoms with Gasteiger partial charge in [-0.15, -0.1) is 11.8 Å². The van der Waals surface area contributed by atoms with Gasteiger partial charge < -0.3 is 9.84 Å². The lowest BCUT2D eigenvalue weighted by Gasteiger charge is -2.00. The van der Waals surface area contributed by atoms with Gasteiger partial charge in [-0.25, -0.2) is 9.50 Å². The van der Waals surface area contributed by atoms with Gasteiger partial charge in [-0.2, -0.15) is 0 Å². The summed E-state index contributed by atoms with van der Waals surface area (Å²) in [5.74, 6) is 0.271. The van der Waals surface area contributed by atoms with Gasteiger partial charge in [-0.05, 0) is 12.1 Å². The molecule has 6 nitrogen and oxygen atoms in total. The molecule has 0 bridgehead atoms. The molecule has 0 atom stereocenters. The molecule has 0 fully saturated rings. The van der Waals surface area contributed by atoms with Crippen LogP contribution in [0.4, 0.5) is 0 Å². The zero-order chi connectivity index (χ0) is 14.1. The van der Waals surface area contributed by atoms with Crippen molar-refractivity contribution in [2.45, 2.75) is 11.3 Å². The molecular weight excluding hydrogens is 278 g/mol. The van der Waals surface area contributed by atoms with Gasteiger partial charge in [0.15, 0.2) is 5.65 Å². The second-order valence-corrected chi connectivity index (χ2v) is 5.33. The Morgan fingerprint density at radius 3 is 3.05 bits per heavy atom. The third kappa shape index (κ3) is 2.09. The molecule has 2 heterocycles. The van der Waals surface area contributed by atoms with Crippen LogP contribution in [0.5, 0.6) is 5.88 Å². The number of aliphatic carboxylic acids is 1. The zero-order valence-corrected chi connectivity index (χ0v) is 11.6. The molecule has 20 heavy (non-hydrogen) atoms. The number of imidazole rings is 1. The fourth-order valence-electron chi connectivity index (χ4n) is 2.05. The molecule has 0 saturated heterocycles. The SMILES string of the molecule is COc1[nH]n2c(nc3ccccc32)c1SCCC(=O)O. The first-order chi connectivity index (χ1) is 9.70. The van der Waals surface area contributed by atoms with Crippen LogP contribution in [0.1, 0.15) is 6.42 Å². The first-order valence-corrected chi connectivity index (χ1v) is 7.07. The van der Waals surface area contributed by atoms with Crippen molar-refractivity contribution in [1.29, 1.82) is 0 Å². The second kappa shape index (κ2) is 5.09. The highest BCUT2D eigenvalue weighted by Crippen LogP contribution is 2.34. The number of nitrogens with zero attached hydrogens (tertiary/aromatic N) is 2. The van der Waals surface area contributed by atoms with E-state index in [9.17, 15) is 4.79 Å². The van der Waals surface area contributed by atoms with Gasteiger partial charge in [-0.1, -0.05) is 12.1 Å². The first kappa shape index (κ1) is 12.9. The zero-order valence-electron chi connectivity index (χ0n) is 10.8. The largest absolute Gasteiger partial charge is 0.481 e. The lowest BCUT2D eigenvalue weighted by molar-refractivity contribution is -0.136. The van der Waals surface area contributed by atoms with Crippen LogP contribution >= 0.6 is 11.8 Å². The Bertz CT molecular complexity index is 778. The number of hydrogen-bond donors (Lipinski definition) is 2. The summed E-state index contributed by atoms with van der Waals surface area (Å²) < 4.78 is 7.17. The number of carboxylic acids is 1. The molecule has 7 heteroatoms. The van der Waals surface area contributed by atoms with Gasteiger partial charge in [0.25, 0.3) is 0 Å². The number of rotatable bonds is 5. The summed E-state index contributed by atoms with van der Waals surface area (Å²) in [6.45, 7) is 0. The fraction of sp³-hybridized carbons (Fsp3) is 0.231. The van der Waals surface area contributed by atoms with E-state index < -0.39 is 5.97 Å². The van der Waals surface area contributed by atoms with Crippen LogP contribution in [-0.4, -0.2) is 38.5 Å². The number of aromatic nitrogens is 3. The number of carbonyl (C=O) groups is 1. The standard InChI is InChI=1S/C13H13N3O3S/c1-19-13-11(20-7-6-10(17)18)12-14-8-4-2-3-5-9(8)16(12)15-13/h2-5,15H,6-7H2,1H3,(H,17,18). The van der Waals surface area contributed by atoms with Gasteiger partial charge in [0, 0.05) is 5.75 Å². The van der Waals surface area contributed by atoms with Crippen LogP contribution in [0.3, 0.4) is 0 Å². The van der Waals surface area contributed by atoms with Gasteiger partial charge in [-0.3, -0.25) is 9.89 Å². The smallest absolute Gasteiger partial charge is 0.304 e. The number of aromatic amines is 1. The average molecular weight is 291 g/mol. The third-order valence-electron chi connectivity index (χ3n) is 2.95. The number of thioether (sulfide) groups is 1. The molecule has 3 rings (SSSR count). The number of hydrogen-bond acceptors (Lipinski definition) is 4. The molecule has 0 saturated carbocycles. The Morgan fingerprint density at radius 2 is 2.30 bits per heavy atom. The topological polar surface area (TPSA) is 79.6 Å². The van der Waals surface area contributed by atoms with Gasteiger partial charge >= 0.3 is 5.97 Å². The third-order valence-corrected chi connectivity index (χ3v) is 4.01. The highest BCUT2D eigenvalue weighted by Gasteiger charge is 2.17. The summed E-state index contributed by atoms with van der Waals surface area (Å²) in [5.41, 5.74) is 2.62. The summed E-state index contributed by atoms with van der Waals surface area (Å²) >= 11 is 1.43. The maximum absolute atomic E-state index is 10.6. The molecule has 1 aromatic carbocycles. The Morgan fingerprint density at radius 1 is 1.50 bits per heavy atom. The first-order valence-electron chi connectivity index (χ1n) is 6.08. The van der Waals surface area contributed by atoms with E-state index >= 15 is 0 Å². The van der Waals surface area contributed by atoms with Crippen molar-refractivity contribution in [3.8, 4) is 5.88 Å². The van der Waals surface area contributed by atoms with Crippen LogP contribution in [0.2, 0.25) is 0 Å². The van der Waals surface area contributed by atoms with E-state index in [-0.39, 0.29) is 6.42 Å². The van der Waals surface area contributed by atoms with Crippen LogP contribution in [0, 0.1) is 0 Å². The predicted molar refractivity (Wildman–Crippen MR) is 76.6 cm³/mol. The number of fused-ring (bicyclic) bond motifs is 3. The van der Waals surface area contributed by atoms with Crippen LogP contribution in [0.25, 0.3) is 16.7 Å². The van der Waals surface area contributed by atoms with Crippen molar-refractivity contribution < 1.29 is 14.6 Å². The van der Waals surface area contributed by atoms with Crippen LogP contribution in [-0.2, 0) is 4.79 Å². The number of H-pyrrole nitrogens is 1. The number of carboxylic acid groups (broad SMARTS) is 1. The highest BCUT2D eigenvalue weighted by atomic mass is 32.2. The second-order valence-electron chi connectivity index (χ2n) is 4.23. The Hall–Kier alpha value is -2.15. The number of methoxy groups -OCH3 is 1. The van der Waals surface area contributed by atoms with Gasteiger partial charge in [0.1, 0.15) is 4.90 Å². The summed E-state index contributed by atoms with van der Waals surface area (Å²) in [7, 11) is 1.58. The van der Waals surface area contributed by atoms with E-state index in [0.29, 0.717) is 11.6 Å². The molecular formula is C13H13N3O3S. The number of benzene rings is 1. The Kier molecular flexibility index (Phi) is 3.27. The molecule has 0 aliphatic rings.